The SMILES string of the molecule is O=C1CC2(CCc3cc4ccccn4c3C2)C(=O)N1. The Bertz CT molecular complexity index is 716. The van der Waals surface area contributed by atoms with E-state index in [2.05, 4.69) is 21.9 Å². The normalized spacial score (nSPS) is 25.9. The largest absolute Gasteiger partial charge is 0.321 e. The van der Waals surface area contributed by atoms with Crippen LogP contribution in [0.5, 0.6) is 0 Å². The highest BCUT2D eigenvalue weighted by molar-refractivity contribution is 6.06. The number of rotatable bonds is 0. The molecule has 3 heterocycles. The lowest BCUT2D eigenvalue weighted by Gasteiger charge is -2.30. The maximum Gasteiger partial charge on any atom is 0.233 e. The van der Waals surface area contributed by atoms with Crippen molar-refractivity contribution in [1.82, 2.24) is 9.72 Å². The number of carbonyl (C=O) groups excluding carboxylic acids is 2. The maximum atomic E-state index is 12.1. The van der Waals surface area contributed by atoms with Gasteiger partial charge in [0.15, 0.2) is 0 Å². The van der Waals surface area contributed by atoms with Crippen LogP contribution in [0.15, 0.2) is 30.5 Å². The maximum absolute atomic E-state index is 12.1. The van der Waals surface area contributed by atoms with Gasteiger partial charge in [-0.2, -0.15) is 0 Å². The van der Waals surface area contributed by atoms with Crippen molar-refractivity contribution in [3.05, 3.63) is 41.7 Å². The first-order valence-electron chi connectivity index (χ1n) is 6.60. The molecule has 2 aromatic rings. The molecule has 2 aromatic heterocycles. The minimum Gasteiger partial charge on any atom is -0.321 e. The van der Waals surface area contributed by atoms with E-state index in [9.17, 15) is 9.59 Å². The molecule has 4 nitrogen and oxygen atoms in total. The van der Waals surface area contributed by atoms with Crippen LogP contribution in [0.3, 0.4) is 0 Å². The van der Waals surface area contributed by atoms with Crippen molar-refractivity contribution in [1.29, 1.82) is 0 Å². The summed E-state index contributed by atoms with van der Waals surface area (Å²) >= 11 is 0. The molecule has 19 heavy (non-hydrogen) atoms. The van der Waals surface area contributed by atoms with Gasteiger partial charge in [-0.15, -0.1) is 0 Å². The number of nitrogens with one attached hydrogen (secondary N) is 1. The summed E-state index contributed by atoms with van der Waals surface area (Å²) in [5, 5.41) is 2.46. The minimum atomic E-state index is -0.506. The van der Waals surface area contributed by atoms with Crippen LogP contribution >= 0.6 is 0 Å². The van der Waals surface area contributed by atoms with Gasteiger partial charge in [-0.25, -0.2) is 0 Å². The molecule has 1 N–H and O–H groups in total. The lowest BCUT2D eigenvalue weighted by Crippen LogP contribution is -2.36. The van der Waals surface area contributed by atoms with Crippen molar-refractivity contribution in [2.75, 3.05) is 0 Å². The molecule has 0 bridgehead atoms. The Morgan fingerprint density at radius 1 is 1.21 bits per heavy atom. The second-order valence-corrected chi connectivity index (χ2v) is 5.62. The number of carbonyl (C=O) groups is 2. The summed E-state index contributed by atoms with van der Waals surface area (Å²) in [6.45, 7) is 0. The van der Waals surface area contributed by atoms with Crippen LogP contribution in [0.2, 0.25) is 0 Å². The Morgan fingerprint density at radius 3 is 2.89 bits per heavy atom. The Morgan fingerprint density at radius 2 is 2.11 bits per heavy atom. The summed E-state index contributed by atoms with van der Waals surface area (Å²) in [6.07, 6.45) is 4.68. The van der Waals surface area contributed by atoms with Gasteiger partial charge in [-0.3, -0.25) is 14.9 Å². The van der Waals surface area contributed by atoms with Gasteiger partial charge in [0.1, 0.15) is 0 Å². The van der Waals surface area contributed by atoms with Crippen molar-refractivity contribution < 1.29 is 9.59 Å². The van der Waals surface area contributed by atoms with Gasteiger partial charge < -0.3 is 4.40 Å². The molecular weight excluding hydrogens is 240 g/mol. The standard InChI is InChI=1S/C15H14N2O2/c18-13-9-15(14(19)16-13)5-4-10-7-11-3-1-2-6-17(11)12(10)8-15/h1-3,6-7H,4-5,8-9H2,(H,16,18,19). The summed E-state index contributed by atoms with van der Waals surface area (Å²) in [4.78, 5) is 23.6. The number of aromatic nitrogens is 1. The van der Waals surface area contributed by atoms with E-state index < -0.39 is 5.41 Å². The summed E-state index contributed by atoms with van der Waals surface area (Å²) in [5.41, 5.74) is 3.15. The quantitative estimate of drug-likeness (QED) is 0.724. The van der Waals surface area contributed by atoms with Crippen molar-refractivity contribution in [2.45, 2.75) is 25.7 Å². The minimum absolute atomic E-state index is 0.0889. The number of hydrogen-bond acceptors (Lipinski definition) is 2. The molecule has 2 aliphatic rings. The van der Waals surface area contributed by atoms with Gasteiger partial charge in [0, 0.05) is 30.2 Å². The Kier molecular flexibility index (Phi) is 1.97. The molecule has 1 spiro atoms. The number of amides is 2. The van der Waals surface area contributed by atoms with Crippen LogP contribution < -0.4 is 5.32 Å². The molecule has 96 valence electrons. The Balaban J connectivity index is 1.85. The smallest absolute Gasteiger partial charge is 0.233 e. The third kappa shape index (κ3) is 1.40. The molecular formula is C15H14N2O2. The van der Waals surface area contributed by atoms with Crippen LogP contribution in [-0.2, 0) is 22.4 Å². The van der Waals surface area contributed by atoms with E-state index in [1.807, 2.05) is 18.3 Å². The summed E-state index contributed by atoms with van der Waals surface area (Å²) in [5.74, 6) is -0.219. The number of hydrogen-bond donors (Lipinski definition) is 1. The number of aryl methyl sites for hydroxylation is 1. The molecule has 4 rings (SSSR count). The molecule has 1 unspecified atom stereocenters. The van der Waals surface area contributed by atoms with E-state index in [1.54, 1.807) is 0 Å². The fraction of sp³-hybridized carbons (Fsp3) is 0.333. The van der Waals surface area contributed by atoms with Crippen molar-refractivity contribution >= 4 is 17.3 Å². The lowest BCUT2D eigenvalue weighted by atomic mass is 9.72. The molecule has 1 aliphatic heterocycles. The Hall–Kier alpha value is -2.10. The lowest BCUT2D eigenvalue weighted by molar-refractivity contribution is -0.129. The molecule has 1 fully saturated rings. The van der Waals surface area contributed by atoms with Gasteiger partial charge in [-0.05, 0) is 36.6 Å². The average molecular weight is 254 g/mol. The fourth-order valence-corrected chi connectivity index (χ4v) is 3.47. The van der Waals surface area contributed by atoms with Gasteiger partial charge in [0.25, 0.3) is 0 Å². The van der Waals surface area contributed by atoms with Crippen LogP contribution in [0.4, 0.5) is 0 Å². The fourth-order valence-electron chi connectivity index (χ4n) is 3.47. The second kappa shape index (κ2) is 3.47. The van der Waals surface area contributed by atoms with E-state index in [-0.39, 0.29) is 11.8 Å². The number of pyridine rings is 1. The van der Waals surface area contributed by atoms with Gasteiger partial charge in [0.2, 0.25) is 11.8 Å². The monoisotopic (exact) mass is 254 g/mol. The zero-order valence-corrected chi connectivity index (χ0v) is 10.5. The van der Waals surface area contributed by atoms with Crippen LogP contribution in [0.25, 0.3) is 5.52 Å². The summed E-state index contributed by atoms with van der Waals surface area (Å²) < 4.78 is 2.15. The summed E-state index contributed by atoms with van der Waals surface area (Å²) in [6, 6.07) is 8.28. The molecule has 1 aliphatic carbocycles. The van der Waals surface area contributed by atoms with Crippen molar-refractivity contribution in [3.8, 4) is 0 Å². The van der Waals surface area contributed by atoms with E-state index in [0.29, 0.717) is 12.8 Å². The third-order valence-electron chi connectivity index (χ3n) is 4.49. The zero-order valence-electron chi connectivity index (χ0n) is 10.5. The molecule has 1 saturated heterocycles. The molecule has 4 heteroatoms. The number of fused-ring (bicyclic) bond motifs is 3. The topological polar surface area (TPSA) is 50.6 Å². The van der Waals surface area contributed by atoms with Gasteiger partial charge >= 0.3 is 0 Å². The number of imide groups is 1. The second-order valence-electron chi connectivity index (χ2n) is 5.62. The predicted molar refractivity (Wildman–Crippen MR) is 69.6 cm³/mol. The predicted octanol–water partition coefficient (Wildman–Crippen LogP) is 1.46. The van der Waals surface area contributed by atoms with Crippen molar-refractivity contribution in [2.24, 2.45) is 5.41 Å². The first kappa shape index (κ1) is 10.8. The van der Waals surface area contributed by atoms with E-state index >= 15 is 0 Å². The zero-order chi connectivity index (χ0) is 13.0. The molecule has 0 radical (unpaired) electrons. The first-order chi connectivity index (χ1) is 9.18. The van der Waals surface area contributed by atoms with Crippen molar-refractivity contribution in [3.63, 3.8) is 0 Å². The van der Waals surface area contributed by atoms with Gasteiger partial charge in [-0.1, -0.05) is 6.07 Å². The molecule has 1 atom stereocenters. The highest BCUT2D eigenvalue weighted by Crippen LogP contribution is 2.42. The highest BCUT2D eigenvalue weighted by Gasteiger charge is 2.48. The van der Waals surface area contributed by atoms with Crippen LogP contribution in [0.1, 0.15) is 24.1 Å². The average Bonchev–Trinajstić information content (AvgIpc) is 2.88. The van der Waals surface area contributed by atoms with E-state index in [1.165, 1.54) is 11.3 Å². The van der Waals surface area contributed by atoms with Crippen LogP contribution in [0, 0.1) is 5.41 Å². The Labute approximate surface area is 110 Å². The summed E-state index contributed by atoms with van der Waals surface area (Å²) in [7, 11) is 0. The van der Waals surface area contributed by atoms with Gasteiger partial charge in [0.05, 0.1) is 5.41 Å². The number of nitrogens with zero attached hydrogens (tertiary/aromatic N) is 1. The molecule has 2 amide bonds. The third-order valence-corrected chi connectivity index (χ3v) is 4.49. The first-order valence-corrected chi connectivity index (χ1v) is 6.60. The highest BCUT2D eigenvalue weighted by atomic mass is 16.2. The molecule has 0 saturated carbocycles. The molecule has 0 aromatic carbocycles. The van der Waals surface area contributed by atoms with E-state index in [4.69, 9.17) is 0 Å². The van der Waals surface area contributed by atoms with E-state index in [0.717, 1.165) is 18.4 Å². The van der Waals surface area contributed by atoms with Crippen LogP contribution in [-0.4, -0.2) is 16.2 Å².